The molecule has 0 unspecified atom stereocenters. The van der Waals surface area contributed by atoms with E-state index >= 15 is 0 Å². The predicted octanol–water partition coefficient (Wildman–Crippen LogP) is 6.72. The van der Waals surface area contributed by atoms with Crippen LogP contribution >= 0.6 is 0 Å². The van der Waals surface area contributed by atoms with Crippen LogP contribution in [0, 0.1) is 5.82 Å². The molecule has 0 amide bonds. The third kappa shape index (κ3) is 9.54. The third-order valence-electron chi connectivity index (χ3n) is 6.96. The van der Waals surface area contributed by atoms with Crippen molar-refractivity contribution in [3.63, 3.8) is 0 Å². The van der Waals surface area contributed by atoms with Crippen LogP contribution in [0.25, 0.3) is 0 Å². The van der Waals surface area contributed by atoms with E-state index in [2.05, 4.69) is 9.64 Å². The van der Waals surface area contributed by atoms with Gasteiger partial charge in [0, 0.05) is 43.4 Å². The van der Waals surface area contributed by atoms with E-state index in [1.807, 2.05) is 60.7 Å². The van der Waals surface area contributed by atoms with E-state index in [-0.39, 0.29) is 34.5 Å². The predicted molar refractivity (Wildman–Crippen MR) is 159 cm³/mol. The highest BCUT2D eigenvalue weighted by Gasteiger charge is 2.31. The first-order chi connectivity index (χ1) is 20.9. The Bertz CT molecular complexity index is 1580. The number of halogens is 4. The molecular weight excluding hydrogens is 598 g/mol. The normalized spacial score (nSPS) is 12.1. The number of sulfone groups is 1. The zero-order valence-electron chi connectivity index (χ0n) is 24.0. The monoisotopic (exact) mass is 631 g/mol. The average molecular weight is 632 g/mol. The molecule has 0 fully saturated rings. The summed E-state index contributed by atoms with van der Waals surface area (Å²) in [5.41, 5.74) is 2.44. The molecule has 0 atom stereocenters. The molecule has 11 heteroatoms. The van der Waals surface area contributed by atoms with E-state index in [4.69, 9.17) is 4.74 Å². The highest BCUT2D eigenvalue weighted by atomic mass is 32.2. The lowest BCUT2D eigenvalue weighted by molar-refractivity contribution is -0.274. The maximum Gasteiger partial charge on any atom is 0.573 e. The minimum atomic E-state index is -4.81. The van der Waals surface area contributed by atoms with E-state index in [0.717, 1.165) is 23.4 Å². The molecule has 4 rings (SSSR count). The molecule has 0 heterocycles. The van der Waals surface area contributed by atoms with Crippen molar-refractivity contribution in [1.29, 1.82) is 0 Å². The zero-order chi connectivity index (χ0) is 31.7. The van der Waals surface area contributed by atoms with Gasteiger partial charge in [-0.25, -0.2) is 12.8 Å². The summed E-state index contributed by atoms with van der Waals surface area (Å²) < 4.78 is 87.2. The van der Waals surface area contributed by atoms with Crippen LogP contribution in [-0.2, 0) is 23.0 Å². The maximum absolute atomic E-state index is 14.5. The first-order valence-electron chi connectivity index (χ1n) is 13.9. The second-order valence-electron chi connectivity index (χ2n) is 10.3. The SMILES string of the molecule is CS(=O)(=O)c1cc(OCCCN(Cc2cccc(OC(F)(F)F)c2)CC(c2ccccc2)c2ccccc2)cc(F)c1CO. The number of hydrogen-bond donors (Lipinski definition) is 1. The molecule has 0 saturated heterocycles. The molecule has 234 valence electrons. The van der Waals surface area contributed by atoms with Crippen molar-refractivity contribution in [1.82, 2.24) is 4.90 Å². The Morgan fingerprint density at radius 3 is 2.07 bits per heavy atom. The maximum atomic E-state index is 14.5. The van der Waals surface area contributed by atoms with Gasteiger partial charge >= 0.3 is 6.36 Å². The minimum absolute atomic E-state index is 0.00937. The first-order valence-corrected chi connectivity index (χ1v) is 15.7. The first kappa shape index (κ1) is 33.0. The standard InChI is InChI=1S/C33H33F4NO5S/c1-44(40,41)32-20-28(19-31(34)30(32)23-39)42-17-9-16-38(21-24-10-8-15-27(18-24)43-33(35,36)37)22-29(25-11-4-2-5-12-25)26-13-6-3-7-14-26/h2-8,10-15,18-20,29,39H,9,16-17,21-23H2,1H3. The van der Waals surface area contributed by atoms with Crippen LogP contribution in [0.2, 0.25) is 0 Å². The van der Waals surface area contributed by atoms with Gasteiger partial charge in [-0.3, -0.25) is 4.90 Å². The summed E-state index contributed by atoms with van der Waals surface area (Å²) in [4.78, 5) is 1.75. The lowest BCUT2D eigenvalue weighted by Crippen LogP contribution is -2.31. The molecule has 44 heavy (non-hydrogen) atoms. The molecule has 0 spiro atoms. The van der Waals surface area contributed by atoms with E-state index < -0.39 is 28.6 Å². The van der Waals surface area contributed by atoms with Gasteiger partial charge in [0.05, 0.1) is 18.1 Å². The van der Waals surface area contributed by atoms with Crippen LogP contribution in [0.4, 0.5) is 17.6 Å². The quantitative estimate of drug-likeness (QED) is 0.123. The Morgan fingerprint density at radius 2 is 1.50 bits per heavy atom. The van der Waals surface area contributed by atoms with Crippen molar-refractivity contribution in [3.05, 3.63) is 125 Å². The van der Waals surface area contributed by atoms with Gasteiger partial charge in [0.15, 0.2) is 9.84 Å². The van der Waals surface area contributed by atoms with Gasteiger partial charge in [-0.2, -0.15) is 0 Å². The number of nitrogens with zero attached hydrogens (tertiary/aromatic N) is 1. The molecule has 6 nitrogen and oxygen atoms in total. The Kier molecular flexibility index (Phi) is 11.0. The van der Waals surface area contributed by atoms with Crippen molar-refractivity contribution in [2.75, 3.05) is 26.0 Å². The topological polar surface area (TPSA) is 76.1 Å². The Hall–Kier alpha value is -3.93. The number of aliphatic hydroxyl groups is 1. The van der Waals surface area contributed by atoms with Crippen molar-refractivity contribution in [2.45, 2.75) is 36.7 Å². The number of benzene rings is 4. The van der Waals surface area contributed by atoms with Crippen LogP contribution in [0.15, 0.2) is 102 Å². The highest BCUT2D eigenvalue weighted by molar-refractivity contribution is 7.90. The summed E-state index contributed by atoms with van der Waals surface area (Å²) in [6, 6.07) is 27.8. The summed E-state index contributed by atoms with van der Waals surface area (Å²) in [6.07, 6.45) is -3.45. The number of ether oxygens (including phenoxy) is 2. The van der Waals surface area contributed by atoms with Gasteiger partial charge in [0.2, 0.25) is 0 Å². The smallest absolute Gasteiger partial charge is 0.493 e. The Morgan fingerprint density at radius 1 is 0.864 bits per heavy atom. The van der Waals surface area contributed by atoms with E-state index in [9.17, 15) is 31.1 Å². The third-order valence-corrected chi connectivity index (χ3v) is 8.12. The summed E-state index contributed by atoms with van der Waals surface area (Å²) in [6.45, 7) is 0.620. The number of hydrogen-bond acceptors (Lipinski definition) is 6. The van der Waals surface area contributed by atoms with E-state index in [1.54, 1.807) is 6.07 Å². The molecule has 4 aromatic carbocycles. The summed E-state index contributed by atoms with van der Waals surface area (Å²) >= 11 is 0. The molecule has 0 bridgehead atoms. The fourth-order valence-corrected chi connectivity index (χ4v) is 5.94. The number of aliphatic hydroxyl groups excluding tert-OH is 1. The van der Waals surface area contributed by atoms with Gasteiger partial charge in [-0.1, -0.05) is 72.8 Å². The molecular formula is C33H33F4NO5S. The molecule has 0 aliphatic heterocycles. The lowest BCUT2D eigenvalue weighted by atomic mass is 9.90. The molecule has 0 saturated carbocycles. The summed E-state index contributed by atoms with van der Waals surface area (Å²) in [7, 11) is -3.82. The van der Waals surface area contributed by atoms with Gasteiger partial charge in [0.1, 0.15) is 17.3 Å². The van der Waals surface area contributed by atoms with Crippen molar-refractivity contribution >= 4 is 9.84 Å². The van der Waals surface area contributed by atoms with Crippen LogP contribution in [-0.4, -0.2) is 50.7 Å². The summed E-state index contributed by atoms with van der Waals surface area (Å²) in [5, 5.41) is 9.44. The largest absolute Gasteiger partial charge is 0.573 e. The molecule has 0 aromatic heterocycles. The average Bonchev–Trinajstić information content (AvgIpc) is 2.97. The van der Waals surface area contributed by atoms with Gasteiger partial charge in [-0.15, -0.1) is 13.2 Å². The molecule has 0 radical (unpaired) electrons. The fraction of sp³-hybridized carbons (Fsp3) is 0.273. The van der Waals surface area contributed by atoms with E-state index in [1.165, 1.54) is 24.3 Å². The van der Waals surface area contributed by atoms with Crippen LogP contribution in [0.5, 0.6) is 11.5 Å². The highest BCUT2D eigenvalue weighted by Crippen LogP contribution is 2.29. The second-order valence-corrected chi connectivity index (χ2v) is 12.3. The minimum Gasteiger partial charge on any atom is -0.493 e. The number of alkyl halides is 3. The zero-order valence-corrected chi connectivity index (χ0v) is 24.8. The van der Waals surface area contributed by atoms with Crippen LogP contribution in [0.3, 0.4) is 0 Å². The van der Waals surface area contributed by atoms with Crippen LogP contribution in [0.1, 0.15) is 34.6 Å². The van der Waals surface area contributed by atoms with Gasteiger partial charge in [-0.05, 0) is 41.3 Å². The van der Waals surface area contributed by atoms with E-state index in [0.29, 0.717) is 31.6 Å². The molecule has 0 aliphatic carbocycles. The summed E-state index contributed by atoms with van der Waals surface area (Å²) in [5.74, 6) is -1.24. The lowest BCUT2D eigenvalue weighted by Gasteiger charge is -2.29. The fourth-order valence-electron chi connectivity index (χ4n) is 5.00. The molecule has 1 N–H and O–H groups in total. The van der Waals surface area contributed by atoms with Gasteiger partial charge < -0.3 is 14.6 Å². The Balaban J connectivity index is 1.55. The van der Waals surface area contributed by atoms with Crippen molar-refractivity contribution < 1.29 is 40.6 Å². The van der Waals surface area contributed by atoms with Gasteiger partial charge in [0.25, 0.3) is 0 Å². The van der Waals surface area contributed by atoms with Crippen LogP contribution < -0.4 is 9.47 Å². The second kappa shape index (κ2) is 14.7. The van der Waals surface area contributed by atoms with Crippen molar-refractivity contribution in [3.8, 4) is 11.5 Å². The molecule has 4 aromatic rings. The molecule has 0 aliphatic rings. The Labute approximate surface area is 254 Å². The number of rotatable bonds is 14. The van der Waals surface area contributed by atoms with Crippen molar-refractivity contribution in [2.24, 2.45) is 0 Å².